The molecule has 2 heterocycles. The molecule has 0 spiro atoms. The Bertz CT molecular complexity index is 2060. The van der Waals surface area contributed by atoms with Gasteiger partial charge in [-0.3, -0.25) is 14.4 Å². The van der Waals surface area contributed by atoms with Crippen molar-refractivity contribution in [2.75, 3.05) is 32.8 Å². The van der Waals surface area contributed by atoms with Crippen LogP contribution in [0.2, 0.25) is 0 Å². The topological polar surface area (TPSA) is 152 Å². The number of aromatic nitrogens is 1. The van der Waals surface area contributed by atoms with Crippen LogP contribution in [0.4, 0.5) is 0 Å². The molecule has 0 saturated carbocycles. The van der Waals surface area contributed by atoms with Gasteiger partial charge in [-0.2, -0.15) is 0 Å². The number of nitrogens with zero attached hydrogens (tertiary/aromatic N) is 1. The number of aromatic amines is 1. The number of phenolic OH excluding ortho intramolecular Hbond substituents is 1. The van der Waals surface area contributed by atoms with E-state index in [1.807, 2.05) is 72.8 Å². The summed E-state index contributed by atoms with van der Waals surface area (Å²) in [6.07, 6.45) is 3.60. The number of nitrogens with one attached hydrogen (secondary N) is 2. The molecule has 1 aliphatic rings. The molecule has 53 heavy (non-hydrogen) atoms. The molecule has 5 N–H and O–H groups in total. The molecule has 1 aliphatic heterocycles. The van der Waals surface area contributed by atoms with Gasteiger partial charge >= 0.3 is 5.97 Å². The fourth-order valence-corrected chi connectivity index (χ4v) is 7.24. The Labute approximate surface area is 309 Å². The van der Waals surface area contributed by atoms with E-state index < -0.39 is 17.5 Å². The van der Waals surface area contributed by atoms with Gasteiger partial charge in [-0.05, 0) is 91.6 Å². The Kier molecular flexibility index (Phi) is 12.2. The molecule has 1 fully saturated rings. The third kappa shape index (κ3) is 8.96. The predicted octanol–water partition coefficient (Wildman–Crippen LogP) is 6.35. The summed E-state index contributed by atoms with van der Waals surface area (Å²) in [4.78, 5) is 41.7. The molecule has 0 aliphatic carbocycles. The lowest BCUT2D eigenvalue weighted by Crippen LogP contribution is -2.49. The van der Waals surface area contributed by atoms with E-state index in [1.54, 1.807) is 17.0 Å². The number of unbranched alkanes of at least 4 members (excludes halogenated alkanes) is 2. The van der Waals surface area contributed by atoms with Gasteiger partial charge in [0.05, 0.1) is 23.6 Å². The van der Waals surface area contributed by atoms with Gasteiger partial charge in [0.25, 0.3) is 0 Å². The molecular formula is C43H47N3O7. The number of aryl methyl sites for hydroxylation is 1. The number of aliphatic hydroxyl groups is 1. The van der Waals surface area contributed by atoms with Crippen LogP contribution in [-0.4, -0.2) is 69.9 Å². The minimum atomic E-state index is -0.963. The smallest absolute Gasteiger partial charge is 0.314 e. The summed E-state index contributed by atoms with van der Waals surface area (Å²) in [5.74, 6) is -0.0443. The molecule has 0 radical (unpaired) electrons. The molecule has 5 aromatic rings. The van der Waals surface area contributed by atoms with Gasteiger partial charge in [-0.1, -0.05) is 72.8 Å². The van der Waals surface area contributed by atoms with Crippen LogP contribution in [0.3, 0.4) is 0 Å². The van der Waals surface area contributed by atoms with Gasteiger partial charge in [0.15, 0.2) is 0 Å². The van der Waals surface area contributed by atoms with Crippen molar-refractivity contribution in [3.63, 3.8) is 0 Å². The van der Waals surface area contributed by atoms with Crippen LogP contribution < -0.4 is 15.6 Å². The van der Waals surface area contributed by atoms with Crippen LogP contribution in [0, 0.1) is 0 Å². The first-order valence-corrected chi connectivity index (χ1v) is 18.4. The monoisotopic (exact) mass is 717 g/mol. The molecule has 1 aromatic heterocycles. The van der Waals surface area contributed by atoms with Crippen LogP contribution in [0.1, 0.15) is 61.3 Å². The average molecular weight is 718 g/mol. The number of hydrogen-bond acceptors (Lipinski definition) is 7. The van der Waals surface area contributed by atoms with E-state index >= 15 is 0 Å². The number of aliphatic hydroxyl groups excluding tert-OH is 1. The number of hydrogen-bond donors (Lipinski definition) is 5. The highest BCUT2D eigenvalue weighted by Crippen LogP contribution is 2.37. The summed E-state index contributed by atoms with van der Waals surface area (Å²) < 4.78 is 6.27. The van der Waals surface area contributed by atoms with Gasteiger partial charge < -0.3 is 35.3 Å². The number of aromatic hydroxyl groups is 1. The first-order chi connectivity index (χ1) is 25.7. The number of H-pyrrole nitrogens is 1. The van der Waals surface area contributed by atoms with E-state index in [4.69, 9.17) is 4.74 Å². The molecular weight excluding hydrogens is 670 g/mol. The number of amides is 1. The third-order valence-electron chi connectivity index (χ3n) is 10.3. The largest absolute Gasteiger partial charge is 0.506 e. The molecule has 1 atom stereocenters. The van der Waals surface area contributed by atoms with Crippen LogP contribution in [0.5, 0.6) is 11.5 Å². The Hall–Kier alpha value is -5.45. The van der Waals surface area contributed by atoms with Crippen LogP contribution in [0.15, 0.2) is 108 Å². The summed E-state index contributed by atoms with van der Waals surface area (Å²) in [7, 11) is 0. The van der Waals surface area contributed by atoms with Gasteiger partial charge in [0.2, 0.25) is 11.5 Å². The second-order valence-corrected chi connectivity index (χ2v) is 13.7. The van der Waals surface area contributed by atoms with E-state index in [2.05, 4.69) is 16.4 Å². The third-order valence-corrected chi connectivity index (χ3v) is 10.3. The first-order valence-electron chi connectivity index (χ1n) is 18.4. The lowest BCUT2D eigenvalue weighted by atomic mass is 9.73. The first kappa shape index (κ1) is 37.3. The number of ether oxygens (including phenoxy) is 1. The highest BCUT2D eigenvalue weighted by atomic mass is 16.5. The van der Waals surface area contributed by atoms with E-state index in [9.17, 15) is 29.7 Å². The van der Waals surface area contributed by atoms with Gasteiger partial charge in [-0.15, -0.1) is 0 Å². The number of carboxylic acids is 1. The maximum absolute atomic E-state index is 13.3. The number of fused-ring (bicyclic) bond motifs is 1. The number of carbonyl (C=O) groups excluding carboxylic acids is 1. The maximum atomic E-state index is 13.3. The summed E-state index contributed by atoms with van der Waals surface area (Å²) in [5.41, 5.74) is 3.52. The van der Waals surface area contributed by atoms with Gasteiger partial charge in [0.1, 0.15) is 11.5 Å². The summed E-state index contributed by atoms with van der Waals surface area (Å²) in [5, 5.41) is 34.9. The number of carboxylic acid groups (broad SMARTS) is 1. The number of pyridine rings is 1. The highest BCUT2D eigenvalue weighted by molar-refractivity contribution is 5.87. The molecule has 0 bridgehead atoms. The zero-order chi connectivity index (χ0) is 37.2. The van der Waals surface area contributed by atoms with Crippen LogP contribution in [-0.2, 0) is 21.4 Å². The zero-order valence-corrected chi connectivity index (χ0v) is 29.8. The minimum absolute atomic E-state index is 0.0344. The maximum Gasteiger partial charge on any atom is 0.314 e. The van der Waals surface area contributed by atoms with Crippen molar-refractivity contribution in [1.29, 1.82) is 0 Å². The van der Waals surface area contributed by atoms with Crippen LogP contribution >= 0.6 is 0 Å². The fraction of sp³-hybridized carbons (Fsp3) is 0.326. The Morgan fingerprint density at radius 2 is 1.62 bits per heavy atom. The summed E-state index contributed by atoms with van der Waals surface area (Å²) >= 11 is 0. The summed E-state index contributed by atoms with van der Waals surface area (Å²) in [6.45, 7) is 2.44. The van der Waals surface area contributed by atoms with Crippen molar-refractivity contribution in [2.45, 2.75) is 56.5 Å². The van der Waals surface area contributed by atoms with Crippen LogP contribution in [0.25, 0.3) is 22.0 Å². The molecule has 10 heteroatoms. The quantitative estimate of drug-likeness (QED) is 0.0741. The normalized spacial score (nSPS) is 14.5. The van der Waals surface area contributed by atoms with Crippen molar-refractivity contribution >= 4 is 22.8 Å². The Balaban J connectivity index is 0.964. The summed E-state index contributed by atoms with van der Waals surface area (Å²) in [6, 6.07) is 31.6. The van der Waals surface area contributed by atoms with Crippen molar-refractivity contribution in [2.24, 2.45) is 0 Å². The van der Waals surface area contributed by atoms with Crippen molar-refractivity contribution in [1.82, 2.24) is 15.2 Å². The minimum Gasteiger partial charge on any atom is -0.506 e. The van der Waals surface area contributed by atoms with Gasteiger partial charge in [0, 0.05) is 43.1 Å². The molecule has 1 saturated heterocycles. The number of piperidine rings is 1. The number of rotatable bonds is 16. The van der Waals surface area contributed by atoms with E-state index in [0.717, 1.165) is 53.8 Å². The second kappa shape index (κ2) is 17.4. The second-order valence-electron chi connectivity index (χ2n) is 13.7. The van der Waals surface area contributed by atoms with Crippen molar-refractivity contribution in [3.05, 3.63) is 130 Å². The molecule has 4 aromatic carbocycles. The standard InChI is InChI=1S/C43H47N3O7/c47-36-18-16-33(34-17-20-39(49)45-41(34)36)37(48)29-44-24-8-3-9-27-53-38-19-14-30(28-35(38)31-10-4-1-5-11-31)15-21-40(50)46-25-22-43(23-26-46,42(51)52)32-12-6-2-7-13-32/h1-2,4-7,10-14,16-20,28,37,44,47-48H,3,8-9,15,21-27,29H2,(H,45,49)(H,51,52). The number of aliphatic carboxylic acids is 1. The molecule has 1 amide bonds. The number of likely N-dealkylation sites (tertiary alicyclic amines) is 1. The van der Waals surface area contributed by atoms with Gasteiger partial charge in [-0.25, -0.2) is 0 Å². The lowest BCUT2D eigenvalue weighted by Gasteiger charge is -2.39. The van der Waals surface area contributed by atoms with E-state index in [-0.39, 0.29) is 17.2 Å². The predicted molar refractivity (Wildman–Crippen MR) is 205 cm³/mol. The van der Waals surface area contributed by atoms with Crippen molar-refractivity contribution in [3.8, 4) is 22.6 Å². The molecule has 276 valence electrons. The van der Waals surface area contributed by atoms with Crippen molar-refractivity contribution < 1.29 is 29.6 Å². The number of carbonyl (C=O) groups is 2. The zero-order valence-electron chi connectivity index (χ0n) is 29.8. The Morgan fingerprint density at radius 1 is 0.887 bits per heavy atom. The van der Waals surface area contributed by atoms with E-state index in [0.29, 0.717) is 68.4 Å². The Morgan fingerprint density at radius 3 is 2.36 bits per heavy atom. The lowest BCUT2D eigenvalue weighted by molar-refractivity contribution is -0.148. The number of phenols is 1. The van der Waals surface area contributed by atoms with E-state index in [1.165, 1.54) is 12.1 Å². The average Bonchev–Trinajstić information content (AvgIpc) is 3.19. The highest BCUT2D eigenvalue weighted by Gasteiger charge is 2.43. The molecule has 10 nitrogen and oxygen atoms in total. The molecule has 6 rings (SSSR count). The number of benzene rings is 4. The SMILES string of the molecule is O=C(CCc1ccc(OCCCCCNCC(O)c2ccc(O)c3[nH]c(=O)ccc23)c(-c2ccccc2)c1)N1CCC(C(=O)O)(c2ccccc2)CC1. The fourth-order valence-electron chi connectivity index (χ4n) is 7.24. The molecule has 1 unspecified atom stereocenters.